The van der Waals surface area contributed by atoms with Gasteiger partial charge in [-0.3, -0.25) is 14.4 Å². The first-order valence-corrected chi connectivity index (χ1v) is 9.86. The second-order valence-electron chi connectivity index (χ2n) is 6.71. The lowest BCUT2D eigenvalue weighted by Gasteiger charge is -2.38. The number of ether oxygens (including phenoxy) is 1. The molecule has 0 fully saturated rings. The molecule has 150 valence electrons. The summed E-state index contributed by atoms with van der Waals surface area (Å²) in [6.07, 6.45) is -2.66. The summed E-state index contributed by atoms with van der Waals surface area (Å²) in [5, 5.41) is 0. The minimum atomic E-state index is -4.60. The summed E-state index contributed by atoms with van der Waals surface area (Å²) in [6.45, 7) is 3.00. The number of fused-ring (bicyclic) bond motifs is 1. The Bertz CT molecular complexity index is 1030. The van der Waals surface area contributed by atoms with Gasteiger partial charge in [0.25, 0.3) is 5.91 Å². The Hall–Kier alpha value is -2.82. The van der Waals surface area contributed by atoms with Gasteiger partial charge in [-0.25, -0.2) is 13.4 Å². The van der Waals surface area contributed by atoms with E-state index < -0.39 is 33.4 Å². The molecular formula is C17H16F3N3O4S. The standard InChI is InChI=1S/C17H16F3N3O4S/c1-16(2)15(24)23(11-5-7-14(21-9-11)17(18,19)20)12-6-4-10(8-13(12)27-16)22-28(3,25)26/h4-9,22H,1-3H3. The Morgan fingerprint density at radius 1 is 1.18 bits per heavy atom. The van der Waals surface area contributed by atoms with Crippen molar-refractivity contribution in [2.45, 2.75) is 25.6 Å². The largest absolute Gasteiger partial charge is 0.476 e. The van der Waals surface area contributed by atoms with Crippen LogP contribution in [0.25, 0.3) is 0 Å². The van der Waals surface area contributed by atoms with Crippen molar-refractivity contribution in [1.29, 1.82) is 0 Å². The van der Waals surface area contributed by atoms with E-state index in [1.54, 1.807) is 0 Å². The number of benzene rings is 1. The van der Waals surface area contributed by atoms with Crippen LogP contribution in [0, 0.1) is 0 Å². The van der Waals surface area contributed by atoms with Crippen molar-refractivity contribution in [2.24, 2.45) is 0 Å². The van der Waals surface area contributed by atoms with Gasteiger partial charge in [0.1, 0.15) is 11.4 Å². The highest BCUT2D eigenvalue weighted by Crippen LogP contribution is 2.43. The average molecular weight is 415 g/mol. The summed E-state index contributed by atoms with van der Waals surface area (Å²) < 4.78 is 69.1. The molecule has 1 aromatic heterocycles. The average Bonchev–Trinajstić information content (AvgIpc) is 2.54. The van der Waals surface area contributed by atoms with Crippen molar-refractivity contribution in [3.05, 3.63) is 42.2 Å². The summed E-state index contributed by atoms with van der Waals surface area (Å²) in [5.41, 5.74) is -1.82. The van der Waals surface area contributed by atoms with E-state index >= 15 is 0 Å². The maximum atomic E-state index is 12.8. The molecule has 1 N–H and O–H groups in total. The fourth-order valence-electron chi connectivity index (χ4n) is 2.70. The highest BCUT2D eigenvalue weighted by molar-refractivity contribution is 7.92. The Labute approximate surface area is 159 Å². The van der Waals surface area contributed by atoms with Crippen molar-refractivity contribution >= 4 is 33.0 Å². The lowest BCUT2D eigenvalue weighted by Crippen LogP contribution is -2.50. The number of halogens is 3. The first-order valence-electron chi connectivity index (χ1n) is 7.97. The van der Waals surface area contributed by atoms with Gasteiger partial charge in [-0.05, 0) is 38.1 Å². The zero-order valence-corrected chi connectivity index (χ0v) is 15.9. The number of aromatic nitrogens is 1. The number of hydrogen-bond donors (Lipinski definition) is 1. The third kappa shape index (κ3) is 3.88. The molecule has 11 heteroatoms. The number of sulfonamides is 1. The maximum Gasteiger partial charge on any atom is 0.433 e. The van der Waals surface area contributed by atoms with Crippen molar-refractivity contribution in [2.75, 3.05) is 15.9 Å². The third-order valence-electron chi connectivity index (χ3n) is 3.88. The van der Waals surface area contributed by atoms with Crippen molar-refractivity contribution < 1.29 is 31.1 Å². The zero-order chi connectivity index (χ0) is 20.9. The highest BCUT2D eigenvalue weighted by Gasteiger charge is 2.42. The van der Waals surface area contributed by atoms with Crippen molar-refractivity contribution in [3.63, 3.8) is 0 Å². The van der Waals surface area contributed by atoms with Gasteiger partial charge in [0.2, 0.25) is 10.0 Å². The molecule has 1 amide bonds. The van der Waals surface area contributed by atoms with Crippen LogP contribution in [0.3, 0.4) is 0 Å². The quantitative estimate of drug-likeness (QED) is 0.831. The molecule has 0 unspecified atom stereocenters. The number of pyridine rings is 1. The molecule has 0 radical (unpaired) electrons. The summed E-state index contributed by atoms with van der Waals surface area (Å²) in [4.78, 5) is 17.4. The number of alkyl halides is 3. The van der Waals surface area contributed by atoms with E-state index in [0.717, 1.165) is 24.6 Å². The number of anilines is 3. The minimum absolute atomic E-state index is 0.124. The Morgan fingerprint density at radius 3 is 2.39 bits per heavy atom. The van der Waals surface area contributed by atoms with Crippen LogP contribution in [0.5, 0.6) is 5.75 Å². The number of nitrogens with zero attached hydrogens (tertiary/aromatic N) is 2. The van der Waals surface area contributed by atoms with E-state index in [9.17, 15) is 26.4 Å². The summed E-state index contributed by atoms with van der Waals surface area (Å²) in [7, 11) is -3.53. The molecule has 0 atom stereocenters. The molecule has 2 heterocycles. The fourth-order valence-corrected chi connectivity index (χ4v) is 3.25. The molecule has 3 rings (SSSR count). The van der Waals surface area contributed by atoms with Gasteiger partial charge in [0, 0.05) is 6.07 Å². The van der Waals surface area contributed by atoms with Gasteiger partial charge < -0.3 is 4.74 Å². The zero-order valence-electron chi connectivity index (χ0n) is 15.0. The lowest BCUT2D eigenvalue weighted by atomic mass is 10.0. The second kappa shape index (κ2) is 6.36. The van der Waals surface area contributed by atoms with Crippen LogP contribution in [0.4, 0.5) is 30.2 Å². The second-order valence-corrected chi connectivity index (χ2v) is 8.46. The van der Waals surface area contributed by atoms with E-state index in [0.29, 0.717) is 0 Å². The van der Waals surface area contributed by atoms with Crippen LogP contribution in [0.15, 0.2) is 36.5 Å². The number of nitrogens with one attached hydrogen (secondary N) is 1. The molecule has 1 aliphatic rings. The Balaban J connectivity index is 2.08. The molecule has 7 nitrogen and oxygen atoms in total. The fraction of sp³-hybridized carbons (Fsp3) is 0.294. The summed E-state index contributed by atoms with van der Waals surface area (Å²) >= 11 is 0. The normalized spacial score (nSPS) is 16.4. The molecule has 1 aliphatic heterocycles. The molecule has 0 aliphatic carbocycles. The SMILES string of the molecule is CC1(C)Oc2cc(NS(C)(=O)=O)ccc2N(c2ccc(C(F)(F)F)nc2)C1=O. The van der Waals surface area contributed by atoms with E-state index in [1.807, 2.05) is 0 Å². The monoisotopic (exact) mass is 415 g/mol. The first kappa shape index (κ1) is 19.9. The number of amides is 1. The molecule has 0 saturated heterocycles. The Kier molecular flexibility index (Phi) is 4.53. The van der Waals surface area contributed by atoms with E-state index in [1.165, 1.54) is 36.9 Å². The van der Waals surface area contributed by atoms with Gasteiger partial charge >= 0.3 is 6.18 Å². The van der Waals surface area contributed by atoms with Crippen molar-refractivity contribution in [3.8, 4) is 5.75 Å². The number of carbonyl (C=O) groups excluding carboxylic acids is 1. The van der Waals surface area contributed by atoms with Crippen LogP contribution in [-0.2, 0) is 21.0 Å². The van der Waals surface area contributed by atoms with E-state index in [-0.39, 0.29) is 22.8 Å². The van der Waals surface area contributed by atoms with Gasteiger partial charge in [-0.1, -0.05) is 0 Å². The number of hydrogen-bond acceptors (Lipinski definition) is 5. The molecule has 2 aromatic rings. The molecule has 0 saturated carbocycles. The number of carbonyl (C=O) groups is 1. The van der Waals surface area contributed by atoms with E-state index in [4.69, 9.17) is 4.74 Å². The minimum Gasteiger partial charge on any atom is -0.476 e. The van der Waals surface area contributed by atoms with Gasteiger partial charge in [0.15, 0.2) is 5.60 Å². The highest BCUT2D eigenvalue weighted by atomic mass is 32.2. The smallest absolute Gasteiger partial charge is 0.433 e. The molecule has 1 aromatic carbocycles. The predicted octanol–water partition coefficient (Wildman–Crippen LogP) is 3.31. The van der Waals surface area contributed by atoms with Crippen LogP contribution in [0.2, 0.25) is 0 Å². The van der Waals surface area contributed by atoms with Crippen LogP contribution in [0.1, 0.15) is 19.5 Å². The topological polar surface area (TPSA) is 88.6 Å². The van der Waals surface area contributed by atoms with Crippen LogP contribution in [-0.4, -0.2) is 31.2 Å². The third-order valence-corrected chi connectivity index (χ3v) is 4.49. The van der Waals surface area contributed by atoms with Gasteiger partial charge in [-0.2, -0.15) is 13.2 Å². The maximum absolute atomic E-state index is 12.8. The predicted molar refractivity (Wildman–Crippen MR) is 96.0 cm³/mol. The van der Waals surface area contributed by atoms with Crippen LogP contribution >= 0.6 is 0 Å². The Morgan fingerprint density at radius 2 is 1.86 bits per heavy atom. The van der Waals surface area contributed by atoms with E-state index in [2.05, 4.69) is 9.71 Å². The number of rotatable bonds is 3. The molecule has 0 spiro atoms. The summed E-state index contributed by atoms with van der Waals surface area (Å²) in [6, 6.07) is 6.17. The molecule has 0 bridgehead atoms. The summed E-state index contributed by atoms with van der Waals surface area (Å²) in [5.74, 6) is -0.316. The first-order chi connectivity index (χ1) is 12.8. The van der Waals surface area contributed by atoms with Crippen LogP contribution < -0.4 is 14.4 Å². The van der Waals surface area contributed by atoms with Gasteiger partial charge in [0.05, 0.1) is 29.5 Å². The molecule has 28 heavy (non-hydrogen) atoms. The molecular weight excluding hydrogens is 399 g/mol. The van der Waals surface area contributed by atoms with Gasteiger partial charge in [-0.15, -0.1) is 0 Å². The van der Waals surface area contributed by atoms with Crippen molar-refractivity contribution in [1.82, 2.24) is 4.98 Å². The lowest BCUT2D eigenvalue weighted by molar-refractivity contribution is -0.141.